The first kappa shape index (κ1) is 17.4. The molecule has 1 aliphatic rings. The van der Waals surface area contributed by atoms with Crippen LogP contribution in [0.1, 0.15) is 6.92 Å². The molecule has 0 radical (unpaired) electrons. The fraction of sp³-hybridized carbons (Fsp3) is 0.462. The summed E-state index contributed by atoms with van der Waals surface area (Å²) in [5.41, 5.74) is 0.583. The molecule has 20 heavy (non-hydrogen) atoms. The molecule has 2 rings (SSSR count). The molecular weight excluding hydrogens is 323 g/mol. The third-order valence-corrected chi connectivity index (χ3v) is 3.97. The van der Waals surface area contributed by atoms with Crippen molar-refractivity contribution < 1.29 is 9.53 Å². The lowest BCUT2D eigenvalue weighted by molar-refractivity contribution is -0.121. The number of rotatable bonds is 4. The number of amides is 1. The predicted octanol–water partition coefficient (Wildman–Crippen LogP) is 3.22. The van der Waals surface area contributed by atoms with Gasteiger partial charge in [0.1, 0.15) is 0 Å². The minimum atomic E-state index is -0.0408. The summed E-state index contributed by atoms with van der Waals surface area (Å²) in [5.74, 6) is 0.742. The average Bonchev–Trinajstić information content (AvgIpc) is 2.26. The molecule has 1 amide bonds. The summed E-state index contributed by atoms with van der Waals surface area (Å²) in [6.07, 6.45) is 0. The lowest BCUT2D eigenvalue weighted by Gasteiger charge is -2.31. The average molecular weight is 340 g/mol. The van der Waals surface area contributed by atoms with Crippen LogP contribution in [0.5, 0.6) is 5.75 Å². The van der Waals surface area contributed by atoms with E-state index in [1.54, 1.807) is 12.1 Å². The molecule has 4 nitrogen and oxygen atoms in total. The summed E-state index contributed by atoms with van der Waals surface area (Å²) in [6.45, 7) is 3.70. The Balaban J connectivity index is 0.00000200. The van der Waals surface area contributed by atoms with E-state index in [1.165, 1.54) is 7.11 Å². The number of hydrogen-bond donors (Lipinski definition) is 2. The second-order valence-corrected chi connectivity index (χ2v) is 5.48. The van der Waals surface area contributed by atoms with Crippen molar-refractivity contribution in [2.24, 2.45) is 11.8 Å². The highest BCUT2D eigenvalue weighted by molar-refractivity contribution is 6.37. The van der Waals surface area contributed by atoms with Crippen LogP contribution in [0, 0.1) is 11.8 Å². The van der Waals surface area contributed by atoms with Gasteiger partial charge in [0, 0.05) is 11.6 Å². The maximum absolute atomic E-state index is 12.1. The zero-order valence-electron chi connectivity index (χ0n) is 11.2. The van der Waals surface area contributed by atoms with Crippen molar-refractivity contribution in [2.45, 2.75) is 6.92 Å². The standard InChI is InChI=1S/C13H16Cl2N2O2.ClH/c1-7(8-5-16-6-8)13(18)17-9-3-10(14)12(19-2)11(15)4-9;/h3-4,7-8,16H,5-6H2,1-2H3,(H,17,18);1H. The van der Waals surface area contributed by atoms with Crippen LogP contribution < -0.4 is 15.4 Å². The molecule has 0 aliphatic carbocycles. The van der Waals surface area contributed by atoms with Crippen LogP contribution >= 0.6 is 35.6 Å². The van der Waals surface area contributed by atoms with E-state index < -0.39 is 0 Å². The molecule has 1 heterocycles. The van der Waals surface area contributed by atoms with Gasteiger partial charge in [-0.05, 0) is 31.1 Å². The SMILES string of the molecule is COc1c(Cl)cc(NC(=O)C(C)C2CNC2)cc1Cl.Cl. The molecule has 0 aromatic heterocycles. The number of carbonyl (C=O) groups excluding carboxylic acids is 1. The third-order valence-electron chi connectivity index (χ3n) is 3.40. The fourth-order valence-electron chi connectivity index (χ4n) is 1.96. The van der Waals surface area contributed by atoms with Gasteiger partial charge in [0.15, 0.2) is 5.75 Å². The van der Waals surface area contributed by atoms with Gasteiger partial charge in [0.2, 0.25) is 5.91 Å². The molecule has 1 aliphatic heterocycles. The van der Waals surface area contributed by atoms with Crippen molar-refractivity contribution in [3.63, 3.8) is 0 Å². The molecule has 1 atom stereocenters. The Morgan fingerprint density at radius 2 is 1.95 bits per heavy atom. The number of carbonyl (C=O) groups is 1. The number of methoxy groups -OCH3 is 1. The molecule has 1 fully saturated rings. The Bertz CT molecular complexity index is 469. The second kappa shape index (κ2) is 7.36. The maximum Gasteiger partial charge on any atom is 0.227 e. The van der Waals surface area contributed by atoms with Gasteiger partial charge in [-0.3, -0.25) is 4.79 Å². The topological polar surface area (TPSA) is 50.4 Å². The van der Waals surface area contributed by atoms with Crippen LogP contribution in [0.2, 0.25) is 10.0 Å². The molecular formula is C13H17Cl3N2O2. The van der Waals surface area contributed by atoms with E-state index in [0.29, 0.717) is 27.4 Å². The largest absolute Gasteiger partial charge is 0.494 e. The van der Waals surface area contributed by atoms with Crippen LogP contribution in [0.25, 0.3) is 0 Å². The Morgan fingerprint density at radius 1 is 1.40 bits per heavy atom. The maximum atomic E-state index is 12.1. The van der Waals surface area contributed by atoms with Crippen molar-refractivity contribution in [3.05, 3.63) is 22.2 Å². The van der Waals surface area contributed by atoms with Crippen LogP contribution in [0.15, 0.2) is 12.1 Å². The molecule has 0 saturated carbocycles. The normalized spacial score (nSPS) is 15.8. The minimum Gasteiger partial charge on any atom is -0.494 e. The fourth-order valence-corrected chi connectivity index (χ4v) is 2.60. The van der Waals surface area contributed by atoms with Gasteiger partial charge < -0.3 is 15.4 Å². The highest BCUT2D eigenvalue weighted by Crippen LogP contribution is 2.35. The highest BCUT2D eigenvalue weighted by atomic mass is 35.5. The number of ether oxygens (including phenoxy) is 1. The summed E-state index contributed by atoms with van der Waals surface area (Å²) in [4.78, 5) is 12.1. The number of halogens is 3. The molecule has 7 heteroatoms. The summed E-state index contributed by atoms with van der Waals surface area (Å²) in [6, 6.07) is 3.27. The van der Waals surface area contributed by atoms with Gasteiger partial charge in [-0.2, -0.15) is 0 Å². The van der Waals surface area contributed by atoms with Gasteiger partial charge in [-0.25, -0.2) is 0 Å². The first-order valence-corrected chi connectivity index (χ1v) is 6.83. The Hall–Kier alpha value is -0.680. The highest BCUT2D eigenvalue weighted by Gasteiger charge is 2.28. The second-order valence-electron chi connectivity index (χ2n) is 4.67. The molecule has 1 aromatic rings. The molecule has 1 saturated heterocycles. The van der Waals surface area contributed by atoms with Crippen LogP contribution in [0.4, 0.5) is 5.69 Å². The number of benzene rings is 1. The number of anilines is 1. The van der Waals surface area contributed by atoms with Gasteiger partial charge in [0.25, 0.3) is 0 Å². The first-order valence-electron chi connectivity index (χ1n) is 6.07. The summed E-state index contributed by atoms with van der Waals surface area (Å²) in [7, 11) is 1.50. The van der Waals surface area contributed by atoms with Crippen molar-refractivity contribution in [2.75, 3.05) is 25.5 Å². The Labute approximate surface area is 134 Å². The van der Waals surface area contributed by atoms with Gasteiger partial charge >= 0.3 is 0 Å². The molecule has 0 bridgehead atoms. The quantitative estimate of drug-likeness (QED) is 0.885. The smallest absolute Gasteiger partial charge is 0.227 e. The predicted molar refractivity (Wildman–Crippen MR) is 84.4 cm³/mol. The lowest BCUT2D eigenvalue weighted by atomic mass is 9.88. The van der Waals surface area contributed by atoms with E-state index in [4.69, 9.17) is 27.9 Å². The summed E-state index contributed by atoms with van der Waals surface area (Å²) in [5, 5.41) is 6.74. The van der Waals surface area contributed by atoms with Crippen molar-refractivity contribution in [1.29, 1.82) is 0 Å². The van der Waals surface area contributed by atoms with Crippen LogP contribution in [-0.2, 0) is 4.79 Å². The molecule has 2 N–H and O–H groups in total. The van der Waals surface area contributed by atoms with Crippen molar-refractivity contribution in [1.82, 2.24) is 5.32 Å². The third kappa shape index (κ3) is 3.70. The summed E-state index contributed by atoms with van der Waals surface area (Å²) < 4.78 is 5.06. The Kier molecular flexibility index (Phi) is 6.40. The van der Waals surface area contributed by atoms with Crippen LogP contribution in [-0.4, -0.2) is 26.1 Å². The Morgan fingerprint density at radius 3 is 2.35 bits per heavy atom. The van der Waals surface area contributed by atoms with E-state index in [2.05, 4.69) is 10.6 Å². The van der Waals surface area contributed by atoms with Gasteiger partial charge in [-0.15, -0.1) is 12.4 Å². The van der Waals surface area contributed by atoms with E-state index >= 15 is 0 Å². The summed E-state index contributed by atoms with van der Waals surface area (Å²) >= 11 is 12.1. The first-order chi connectivity index (χ1) is 9.02. The van der Waals surface area contributed by atoms with Crippen LogP contribution in [0.3, 0.4) is 0 Å². The molecule has 1 aromatic carbocycles. The van der Waals surface area contributed by atoms with E-state index in [1.807, 2.05) is 6.92 Å². The monoisotopic (exact) mass is 338 g/mol. The minimum absolute atomic E-state index is 0. The van der Waals surface area contributed by atoms with E-state index in [0.717, 1.165) is 13.1 Å². The molecule has 1 unspecified atom stereocenters. The van der Waals surface area contributed by atoms with E-state index in [-0.39, 0.29) is 24.2 Å². The van der Waals surface area contributed by atoms with Crippen molar-refractivity contribution in [3.8, 4) is 5.75 Å². The lowest BCUT2D eigenvalue weighted by Crippen LogP contribution is -2.48. The van der Waals surface area contributed by atoms with Gasteiger partial charge in [-0.1, -0.05) is 30.1 Å². The number of nitrogens with one attached hydrogen (secondary N) is 2. The zero-order chi connectivity index (χ0) is 14.0. The molecule has 0 spiro atoms. The molecule has 112 valence electrons. The number of hydrogen-bond acceptors (Lipinski definition) is 3. The van der Waals surface area contributed by atoms with Gasteiger partial charge in [0.05, 0.1) is 17.2 Å². The van der Waals surface area contributed by atoms with Crippen molar-refractivity contribution >= 4 is 47.2 Å². The van der Waals surface area contributed by atoms with E-state index in [9.17, 15) is 4.79 Å². The zero-order valence-corrected chi connectivity index (χ0v) is 13.5.